The van der Waals surface area contributed by atoms with Gasteiger partial charge >= 0.3 is 0 Å². The van der Waals surface area contributed by atoms with E-state index in [0.29, 0.717) is 29.4 Å². The van der Waals surface area contributed by atoms with Crippen LogP contribution in [0.5, 0.6) is 17.2 Å². The zero-order valence-electron chi connectivity index (χ0n) is 13.9. The van der Waals surface area contributed by atoms with Crippen molar-refractivity contribution < 1.29 is 23.7 Å². The molecule has 0 spiro atoms. The minimum absolute atomic E-state index is 0.198. The Kier molecular flexibility index (Phi) is 6.49. The summed E-state index contributed by atoms with van der Waals surface area (Å²) in [6, 6.07) is 3.28. The predicted molar refractivity (Wildman–Crippen MR) is 85.7 cm³/mol. The lowest BCUT2D eigenvalue weighted by molar-refractivity contribution is 0.0383. The summed E-state index contributed by atoms with van der Waals surface area (Å²) < 4.78 is 21.0. The minimum Gasteiger partial charge on any atom is -0.496 e. The zero-order valence-corrected chi connectivity index (χ0v) is 13.9. The molecule has 1 saturated heterocycles. The number of amides is 1. The van der Waals surface area contributed by atoms with Gasteiger partial charge in [-0.1, -0.05) is 0 Å². The first-order chi connectivity index (χ1) is 11.2. The van der Waals surface area contributed by atoms with Crippen LogP contribution in [0.2, 0.25) is 0 Å². The number of morpholine rings is 1. The van der Waals surface area contributed by atoms with Gasteiger partial charge in [0.25, 0.3) is 5.91 Å². The summed E-state index contributed by atoms with van der Waals surface area (Å²) in [7, 11) is 4.59. The third-order valence-corrected chi connectivity index (χ3v) is 3.77. The largest absolute Gasteiger partial charge is 0.496 e. The molecule has 1 amide bonds. The molecular formula is C16H24N2O5. The quantitative estimate of drug-likeness (QED) is 0.799. The monoisotopic (exact) mass is 324 g/mol. The Balaban J connectivity index is 1.99. The molecule has 23 heavy (non-hydrogen) atoms. The van der Waals surface area contributed by atoms with Crippen LogP contribution in [0.3, 0.4) is 0 Å². The molecule has 1 N–H and O–H groups in total. The van der Waals surface area contributed by atoms with E-state index in [-0.39, 0.29) is 5.91 Å². The van der Waals surface area contributed by atoms with E-state index in [1.54, 1.807) is 19.2 Å². The maximum Gasteiger partial charge on any atom is 0.255 e. The van der Waals surface area contributed by atoms with E-state index in [0.717, 1.165) is 32.8 Å². The fourth-order valence-electron chi connectivity index (χ4n) is 2.45. The number of hydrogen-bond acceptors (Lipinski definition) is 6. The number of carbonyl (C=O) groups is 1. The molecule has 1 aromatic rings. The van der Waals surface area contributed by atoms with E-state index in [1.165, 1.54) is 14.2 Å². The summed E-state index contributed by atoms with van der Waals surface area (Å²) in [5.74, 6) is 1.27. The number of benzene rings is 1. The highest BCUT2D eigenvalue weighted by Crippen LogP contribution is 2.34. The van der Waals surface area contributed by atoms with Crippen molar-refractivity contribution in [2.45, 2.75) is 0 Å². The average molecular weight is 324 g/mol. The molecular weight excluding hydrogens is 300 g/mol. The average Bonchev–Trinajstić information content (AvgIpc) is 2.61. The number of carbonyl (C=O) groups excluding carboxylic acids is 1. The Morgan fingerprint density at radius 3 is 2.30 bits per heavy atom. The highest BCUT2D eigenvalue weighted by atomic mass is 16.5. The molecule has 0 aromatic heterocycles. The van der Waals surface area contributed by atoms with Gasteiger partial charge in [0.05, 0.1) is 40.1 Å². The number of ether oxygens (including phenoxy) is 4. The number of hydrogen-bond donors (Lipinski definition) is 1. The second-order valence-corrected chi connectivity index (χ2v) is 5.12. The van der Waals surface area contributed by atoms with Crippen LogP contribution in [0.25, 0.3) is 0 Å². The molecule has 1 aromatic carbocycles. The number of nitrogens with one attached hydrogen (secondary N) is 1. The Morgan fingerprint density at radius 1 is 1.09 bits per heavy atom. The van der Waals surface area contributed by atoms with Crippen molar-refractivity contribution in [3.05, 3.63) is 17.7 Å². The topological polar surface area (TPSA) is 69.3 Å². The van der Waals surface area contributed by atoms with Crippen LogP contribution in [0.15, 0.2) is 12.1 Å². The highest BCUT2D eigenvalue weighted by molar-refractivity contribution is 5.97. The van der Waals surface area contributed by atoms with E-state index in [9.17, 15) is 4.79 Å². The Hall–Kier alpha value is -1.99. The molecule has 1 aliphatic rings. The molecule has 0 saturated carbocycles. The second-order valence-electron chi connectivity index (χ2n) is 5.12. The smallest absolute Gasteiger partial charge is 0.255 e. The van der Waals surface area contributed by atoms with Crippen molar-refractivity contribution >= 4 is 5.91 Å². The van der Waals surface area contributed by atoms with E-state index >= 15 is 0 Å². The molecule has 1 aliphatic heterocycles. The standard InChI is InChI=1S/C16H24N2O5/c1-20-13-11-15(22-3)14(21-2)10-12(13)16(19)17-4-5-18-6-8-23-9-7-18/h10-11H,4-9H2,1-3H3,(H,17,19). The summed E-state index contributed by atoms with van der Waals surface area (Å²) in [5, 5.41) is 2.91. The first-order valence-electron chi connectivity index (χ1n) is 7.58. The molecule has 1 fully saturated rings. The van der Waals surface area contributed by atoms with Gasteiger partial charge in [0.2, 0.25) is 0 Å². The van der Waals surface area contributed by atoms with Gasteiger partial charge in [-0.05, 0) is 0 Å². The molecule has 128 valence electrons. The van der Waals surface area contributed by atoms with Crippen molar-refractivity contribution in [2.75, 3.05) is 60.7 Å². The van der Waals surface area contributed by atoms with E-state index in [4.69, 9.17) is 18.9 Å². The van der Waals surface area contributed by atoms with E-state index in [1.807, 2.05) is 0 Å². The van der Waals surface area contributed by atoms with Crippen molar-refractivity contribution in [3.8, 4) is 17.2 Å². The van der Waals surface area contributed by atoms with Crippen molar-refractivity contribution in [2.24, 2.45) is 0 Å². The fraction of sp³-hybridized carbons (Fsp3) is 0.562. The third kappa shape index (κ3) is 4.49. The lowest BCUT2D eigenvalue weighted by atomic mass is 10.1. The highest BCUT2D eigenvalue weighted by Gasteiger charge is 2.18. The van der Waals surface area contributed by atoms with Gasteiger partial charge in [0.1, 0.15) is 5.75 Å². The maximum absolute atomic E-state index is 12.4. The Labute approximate surface area is 136 Å². The maximum atomic E-state index is 12.4. The first-order valence-corrected chi connectivity index (χ1v) is 7.58. The Morgan fingerprint density at radius 2 is 1.70 bits per heavy atom. The first kappa shape index (κ1) is 17.4. The molecule has 2 rings (SSSR count). The van der Waals surface area contributed by atoms with Crippen molar-refractivity contribution in [3.63, 3.8) is 0 Å². The minimum atomic E-state index is -0.198. The summed E-state index contributed by atoms with van der Waals surface area (Å²) in [6.45, 7) is 4.65. The van der Waals surface area contributed by atoms with Crippen LogP contribution in [-0.2, 0) is 4.74 Å². The number of methoxy groups -OCH3 is 3. The Bertz CT molecular complexity index is 529. The van der Waals surface area contributed by atoms with Gasteiger partial charge in [-0.3, -0.25) is 9.69 Å². The van der Waals surface area contributed by atoms with Gasteiger partial charge in [0, 0.05) is 38.3 Å². The van der Waals surface area contributed by atoms with E-state index < -0.39 is 0 Å². The molecule has 0 bridgehead atoms. The lowest BCUT2D eigenvalue weighted by Crippen LogP contribution is -2.41. The van der Waals surface area contributed by atoms with Gasteiger partial charge in [-0.25, -0.2) is 0 Å². The van der Waals surface area contributed by atoms with Crippen molar-refractivity contribution in [1.29, 1.82) is 0 Å². The van der Waals surface area contributed by atoms with Crippen LogP contribution in [0, 0.1) is 0 Å². The molecule has 0 unspecified atom stereocenters. The third-order valence-electron chi connectivity index (χ3n) is 3.77. The number of rotatable bonds is 7. The fourth-order valence-corrected chi connectivity index (χ4v) is 2.45. The summed E-state index contributed by atoms with van der Waals surface area (Å²) in [4.78, 5) is 14.7. The van der Waals surface area contributed by atoms with Gasteiger partial charge in [0.15, 0.2) is 11.5 Å². The van der Waals surface area contributed by atoms with Crippen LogP contribution < -0.4 is 19.5 Å². The summed E-state index contributed by atoms with van der Waals surface area (Å²) in [6.07, 6.45) is 0. The molecule has 0 atom stereocenters. The van der Waals surface area contributed by atoms with Gasteiger partial charge in [-0.15, -0.1) is 0 Å². The van der Waals surface area contributed by atoms with Gasteiger partial charge < -0.3 is 24.3 Å². The molecule has 7 nitrogen and oxygen atoms in total. The zero-order chi connectivity index (χ0) is 16.7. The van der Waals surface area contributed by atoms with Crippen molar-refractivity contribution in [1.82, 2.24) is 10.2 Å². The lowest BCUT2D eigenvalue weighted by Gasteiger charge is -2.26. The number of nitrogens with zero attached hydrogens (tertiary/aromatic N) is 1. The molecule has 0 radical (unpaired) electrons. The van der Waals surface area contributed by atoms with Crippen LogP contribution in [0.1, 0.15) is 10.4 Å². The predicted octanol–water partition coefficient (Wildman–Crippen LogP) is 0.774. The molecule has 0 aliphatic carbocycles. The molecule has 7 heteroatoms. The van der Waals surface area contributed by atoms with Gasteiger partial charge in [-0.2, -0.15) is 0 Å². The van der Waals surface area contributed by atoms with Crippen LogP contribution in [0.4, 0.5) is 0 Å². The SMILES string of the molecule is COc1cc(OC)c(C(=O)NCCN2CCOCC2)cc1OC. The molecule has 1 heterocycles. The second kappa shape index (κ2) is 8.59. The summed E-state index contributed by atoms with van der Waals surface area (Å²) in [5.41, 5.74) is 0.423. The normalized spacial score (nSPS) is 15.1. The van der Waals surface area contributed by atoms with E-state index in [2.05, 4.69) is 10.2 Å². The van der Waals surface area contributed by atoms with Crippen LogP contribution >= 0.6 is 0 Å². The van der Waals surface area contributed by atoms with Crippen LogP contribution in [-0.4, -0.2) is 71.5 Å². The summed E-state index contributed by atoms with van der Waals surface area (Å²) >= 11 is 0.